The summed E-state index contributed by atoms with van der Waals surface area (Å²) in [4.78, 5) is 49.4. The maximum Gasteiger partial charge on any atom is 0.261 e. The number of rotatable bonds is 4. The van der Waals surface area contributed by atoms with Crippen LogP contribution in [0.15, 0.2) is 42.5 Å². The predicted octanol–water partition coefficient (Wildman–Crippen LogP) is 2.51. The summed E-state index contributed by atoms with van der Waals surface area (Å²) in [6.07, 6.45) is 1.83. The fourth-order valence-corrected chi connectivity index (χ4v) is 2.97. The molecule has 136 valence electrons. The van der Waals surface area contributed by atoms with Gasteiger partial charge in [0.2, 0.25) is 5.91 Å². The van der Waals surface area contributed by atoms with E-state index in [1.807, 2.05) is 0 Å². The lowest BCUT2D eigenvalue weighted by Crippen LogP contribution is -2.24. The first kappa shape index (κ1) is 17.0. The molecule has 4 amide bonds. The molecule has 0 saturated heterocycles. The van der Waals surface area contributed by atoms with Gasteiger partial charge in [0.25, 0.3) is 17.7 Å². The van der Waals surface area contributed by atoms with Crippen LogP contribution in [0.3, 0.4) is 0 Å². The van der Waals surface area contributed by atoms with Crippen LogP contribution < -0.4 is 10.6 Å². The fraction of sp³-hybridized carbons (Fsp3) is 0.200. The second-order valence-corrected chi connectivity index (χ2v) is 6.73. The molecule has 0 unspecified atom stereocenters. The van der Waals surface area contributed by atoms with Crippen LogP contribution >= 0.6 is 0 Å². The summed E-state index contributed by atoms with van der Waals surface area (Å²) >= 11 is 0. The SMILES string of the molecule is CN1C(=O)c2ccc(C(=O)Nc3cccc(NC(=O)C4CC4)c3)cc2C1=O. The zero-order chi connectivity index (χ0) is 19.1. The third-order valence-corrected chi connectivity index (χ3v) is 4.69. The molecule has 2 N–H and O–H groups in total. The maximum atomic E-state index is 12.5. The first-order chi connectivity index (χ1) is 12.9. The second kappa shape index (κ2) is 6.35. The van der Waals surface area contributed by atoms with Crippen molar-refractivity contribution in [2.24, 2.45) is 5.92 Å². The van der Waals surface area contributed by atoms with Crippen LogP contribution in [0.4, 0.5) is 11.4 Å². The summed E-state index contributed by atoms with van der Waals surface area (Å²) in [7, 11) is 1.41. The van der Waals surface area contributed by atoms with Crippen LogP contribution in [-0.4, -0.2) is 35.6 Å². The van der Waals surface area contributed by atoms with E-state index in [0.29, 0.717) is 16.9 Å². The van der Waals surface area contributed by atoms with Gasteiger partial charge >= 0.3 is 0 Å². The van der Waals surface area contributed by atoms with Gasteiger partial charge in [0, 0.05) is 29.9 Å². The summed E-state index contributed by atoms with van der Waals surface area (Å²) < 4.78 is 0. The van der Waals surface area contributed by atoms with E-state index in [9.17, 15) is 19.2 Å². The van der Waals surface area contributed by atoms with Crippen molar-refractivity contribution in [2.75, 3.05) is 17.7 Å². The number of imide groups is 1. The maximum absolute atomic E-state index is 12.5. The van der Waals surface area contributed by atoms with Crippen molar-refractivity contribution in [3.05, 3.63) is 59.2 Å². The monoisotopic (exact) mass is 363 g/mol. The van der Waals surface area contributed by atoms with Gasteiger partial charge < -0.3 is 10.6 Å². The number of carbonyl (C=O) groups excluding carboxylic acids is 4. The average molecular weight is 363 g/mol. The van der Waals surface area contributed by atoms with Crippen molar-refractivity contribution in [3.8, 4) is 0 Å². The van der Waals surface area contributed by atoms with Crippen LogP contribution in [0.2, 0.25) is 0 Å². The van der Waals surface area contributed by atoms with Crippen LogP contribution in [0.1, 0.15) is 43.9 Å². The molecule has 0 atom stereocenters. The lowest BCUT2D eigenvalue weighted by Gasteiger charge is -2.09. The van der Waals surface area contributed by atoms with E-state index in [1.54, 1.807) is 24.3 Å². The summed E-state index contributed by atoms with van der Waals surface area (Å²) in [6.45, 7) is 0. The molecule has 0 spiro atoms. The second-order valence-electron chi connectivity index (χ2n) is 6.73. The number of nitrogens with one attached hydrogen (secondary N) is 2. The van der Waals surface area contributed by atoms with Crippen molar-refractivity contribution in [2.45, 2.75) is 12.8 Å². The molecule has 7 nitrogen and oxygen atoms in total. The third kappa shape index (κ3) is 3.19. The quantitative estimate of drug-likeness (QED) is 0.816. The Kier molecular flexibility index (Phi) is 3.99. The van der Waals surface area contributed by atoms with Gasteiger partial charge in [0.1, 0.15) is 0 Å². The van der Waals surface area contributed by atoms with Gasteiger partial charge in [-0.1, -0.05) is 6.07 Å². The normalized spacial score (nSPS) is 15.5. The molecule has 0 radical (unpaired) electrons. The highest BCUT2D eigenvalue weighted by atomic mass is 16.2. The van der Waals surface area contributed by atoms with Crippen LogP contribution in [0.5, 0.6) is 0 Å². The molecule has 1 aliphatic carbocycles. The Bertz CT molecular complexity index is 994. The minimum absolute atomic E-state index is 0.00982. The lowest BCUT2D eigenvalue weighted by atomic mass is 10.1. The van der Waals surface area contributed by atoms with E-state index in [1.165, 1.54) is 25.2 Å². The van der Waals surface area contributed by atoms with Crippen LogP contribution in [-0.2, 0) is 4.79 Å². The highest BCUT2D eigenvalue weighted by Crippen LogP contribution is 2.30. The van der Waals surface area contributed by atoms with Crippen LogP contribution in [0.25, 0.3) is 0 Å². The first-order valence-electron chi connectivity index (χ1n) is 8.63. The minimum Gasteiger partial charge on any atom is -0.326 e. The number of hydrogen-bond acceptors (Lipinski definition) is 4. The van der Waals surface area contributed by atoms with E-state index >= 15 is 0 Å². The number of amides is 4. The van der Waals surface area contributed by atoms with Gasteiger partial charge in [-0.15, -0.1) is 0 Å². The first-order valence-corrected chi connectivity index (χ1v) is 8.63. The Balaban J connectivity index is 1.51. The number of nitrogens with zero attached hydrogens (tertiary/aromatic N) is 1. The number of carbonyl (C=O) groups is 4. The zero-order valence-electron chi connectivity index (χ0n) is 14.6. The largest absolute Gasteiger partial charge is 0.326 e. The predicted molar refractivity (Wildman–Crippen MR) is 98.6 cm³/mol. The molecule has 2 aliphatic rings. The molecule has 4 rings (SSSR count). The number of benzene rings is 2. The summed E-state index contributed by atoms with van der Waals surface area (Å²) in [5.41, 5.74) is 1.93. The lowest BCUT2D eigenvalue weighted by molar-refractivity contribution is -0.117. The van der Waals surface area contributed by atoms with E-state index in [-0.39, 0.29) is 28.9 Å². The minimum atomic E-state index is -0.422. The topological polar surface area (TPSA) is 95.6 Å². The molecule has 1 saturated carbocycles. The Morgan fingerprint density at radius 1 is 0.926 bits per heavy atom. The van der Waals surface area contributed by atoms with Crippen molar-refractivity contribution in [1.82, 2.24) is 4.90 Å². The Morgan fingerprint density at radius 2 is 1.59 bits per heavy atom. The van der Waals surface area contributed by atoms with Gasteiger partial charge in [-0.25, -0.2) is 0 Å². The van der Waals surface area contributed by atoms with Gasteiger partial charge in [-0.3, -0.25) is 24.1 Å². The number of anilines is 2. The highest BCUT2D eigenvalue weighted by Gasteiger charge is 2.33. The Labute approximate surface area is 155 Å². The van der Waals surface area contributed by atoms with Gasteiger partial charge in [0.05, 0.1) is 11.1 Å². The summed E-state index contributed by atoms with van der Waals surface area (Å²) in [5.74, 6) is -1.12. The van der Waals surface area contributed by atoms with Crippen molar-refractivity contribution < 1.29 is 19.2 Å². The summed E-state index contributed by atoms with van der Waals surface area (Å²) in [5, 5.41) is 5.57. The molecule has 0 aromatic heterocycles. The van der Waals surface area contributed by atoms with Crippen LogP contribution in [0, 0.1) is 5.92 Å². The molecule has 1 aliphatic heterocycles. The van der Waals surface area contributed by atoms with Gasteiger partial charge in [0.15, 0.2) is 0 Å². The standard InChI is InChI=1S/C20H17N3O4/c1-23-19(26)15-8-7-12(9-16(15)20(23)27)18(25)22-14-4-2-3-13(10-14)21-17(24)11-5-6-11/h2-4,7-11H,5-6H2,1H3,(H,21,24)(H,22,25). The Hall–Kier alpha value is -3.48. The van der Waals surface area contributed by atoms with E-state index in [2.05, 4.69) is 10.6 Å². The van der Waals surface area contributed by atoms with E-state index < -0.39 is 11.8 Å². The molecular formula is C20H17N3O4. The third-order valence-electron chi connectivity index (χ3n) is 4.69. The highest BCUT2D eigenvalue weighted by molar-refractivity contribution is 6.22. The molecule has 7 heteroatoms. The molecule has 2 aromatic rings. The molecular weight excluding hydrogens is 346 g/mol. The molecule has 1 heterocycles. The number of fused-ring (bicyclic) bond motifs is 1. The number of hydrogen-bond donors (Lipinski definition) is 2. The smallest absolute Gasteiger partial charge is 0.261 e. The van der Waals surface area contributed by atoms with Gasteiger partial charge in [-0.05, 0) is 49.2 Å². The zero-order valence-corrected chi connectivity index (χ0v) is 14.6. The van der Waals surface area contributed by atoms with E-state index in [4.69, 9.17) is 0 Å². The fourth-order valence-electron chi connectivity index (χ4n) is 2.97. The molecule has 2 aromatic carbocycles. The molecule has 0 bridgehead atoms. The molecule has 1 fully saturated rings. The molecule has 27 heavy (non-hydrogen) atoms. The van der Waals surface area contributed by atoms with Gasteiger partial charge in [-0.2, -0.15) is 0 Å². The van der Waals surface area contributed by atoms with Crippen molar-refractivity contribution in [3.63, 3.8) is 0 Å². The van der Waals surface area contributed by atoms with E-state index in [0.717, 1.165) is 17.7 Å². The summed E-state index contributed by atoms with van der Waals surface area (Å²) in [6, 6.07) is 11.3. The van der Waals surface area contributed by atoms with Crippen molar-refractivity contribution >= 4 is 35.0 Å². The average Bonchev–Trinajstić information content (AvgIpc) is 3.48. The van der Waals surface area contributed by atoms with Crippen molar-refractivity contribution in [1.29, 1.82) is 0 Å². The Morgan fingerprint density at radius 3 is 2.30 bits per heavy atom.